The molecule has 0 amide bonds. The van der Waals surface area contributed by atoms with Crippen LogP contribution in [0.2, 0.25) is 0 Å². The Kier molecular flexibility index (Phi) is 6.13. The number of benzene rings is 2. The van der Waals surface area contributed by atoms with Crippen LogP contribution in [0.4, 0.5) is 8.78 Å². The monoisotopic (exact) mass is 430 g/mol. The predicted molar refractivity (Wildman–Crippen MR) is 99.5 cm³/mol. The van der Waals surface area contributed by atoms with Crippen molar-refractivity contribution in [3.63, 3.8) is 0 Å². The highest BCUT2D eigenvalue weighted by molar-refractivity contribution is 7.89. The van der Waals surface area contributed by atoms with Gasteiger partial charge in [0.2, 0.25) is 20.0 Å². The van der Waals surface area contributed by atoms with Crippen molar-refractivity contribution in [3.8, 4) is 0 Å². The molecule has 2 N–H and O–H groups in total. The molecule has 1 fully saturated rings. The van der Waals surface area contributed by atoms with Crippen molar-refractivity contribution in [2.24, 2.45) is 0 Å². The maximum absolute atomic E-state index is 13.8. The number of sulfonamides is 2. The second-order valence-corrected chi connectivity index (χ2v) is 10.0. The van der Waals surface area contributed by atoms with Gasteiger partial charge >= 0.3 is 0 Å². The van der Waals surface area contributed by atoms with Crippen molar-refractivity contribution < 1.29 is 25.6 Å². The smallest absolute Gasteiger partial charge is 0.208 e. The largest absolute Gasteiger partial charge is 0.243 e. The first-order valence-electron chi connectivity index (χ1n) is 8.73. The summed E-state index contributed by atoms with van der Waals surface area (Å²) in [5, 5.41) is 0. The summed E-state index contributed by atoms with van der Waals surface area (Å²) in [5.41, 5.74) is 0. The normalized spacial score (nSPS) is 20.8. The summed E-state index contributed by atoms with van der Waals surface area (Å²) < 4.78 is 81.9. The number of hydrogen-bond acceptors (Lipinski definition) is 4. The zero-order chi connectivity index (χ0) is 20.4. The number of halogens is 2. The van der Waals surface area contributed by atoms with E-state index in [4.69, 9.17) is 0 Å². The van der Waals surface area contributed by atoms with E-state index in [2.05, 4.69) is 9.44 Å². The first-order valence-corrected chi connectivity index (χ1v) is 11.7. The van der Waals surface area contributed by atoms with Crippen LogP contribution < -0.4 is 9.44 Å². The van der Waals surface area contributed by atoms with E-state index in [-0.39, 0.29) is 0 Å². The van der Waals surface area contributed by atoms with Crippen molar-refractivity contribution in [1.82, 2.24) is 9.44 Å². The SMILES string of the molecule is O=S(=O)(NC1CCC(NS(=O)(=O)c2ccccc2F)CC1)c1ccccc1F. The van der Waals surface area contributed by atoms with E-state index in [9.17, 15) is 25.6 Å². The quantitative estimate of drug-likeness (QED) is 0.737. The lowest BCUT2D eigenvalue weighted by molar-refractivity contribution is 0.355. The average Bonchev–Trinajstić information content (AvgIpc) is 2.63. The Hall–Kier alpha value is -1.88. The summed E-state index contributed by atoms with van der Waals surface area (Å²) >= 11 is 0. The summed E-state index contributed by atoms with van der Waals surface area (Å²) in [7, 11) is -8.01. The van der Waals surface area contributed by atoms with Crippen molar-refractivity contribution in [2.45, 2.75) is 47.6 Å². The van der Waals surface area contributed by atoms with E-state index in [1.54, 1.807) is 0 Å². The first-order chi connectivity index (χ1) is 13.2. The summed E-state index contributed by atoms with van der Waals surface area (Å²) in [6, 6.07) is 9.34. The highest BCUT2D eigenvalue weighted by Gasteiger charge is 2.30. The van der Waals surface area contributed by atoms with E-state index in [0.717, 1.165) is 12.1 Å². The Labute approximate surface area is 163 Å². The second-order valence-electron chi connectivity index (χ2n) is 6.65. The van der Waals surface area contributed by atoms with Crippen LogP contribution in [-0.4, -0.2) is 28.9 Å². The number of hydrogen-bond donors (Lipinski definition) is 2. The molecular weight excluding hydrogens is 410 g/mol. The second kappa shape index (κ2) is 8.24. The van der Waals surface area contributed by atoms with Crippen LogP contribution in [0, 0.1) is 11.6 Å². The molecule has 3 rings (SSSR count). The molecule has 1 aliphatic carbocycles. The molecule has 0 saturated heterocycles. The van der Waals surface area contributed by atoms with E-state index < -0.39 is 53.6 Å². The molecule has 28 heavy (non-hydrogen) atoms. The van der Waals surface area contributed by atoms with Gasteiger partial charge < -0.3 is 0 Å². The van der Waals surface area contributed by atoms with Crippen molar-refractivity contribution in [2.75, 3.05) is 0 Å². The lowest BCUT2D eigenvalue weighted by atomic mass is 9.92. The minimum absolute atomic E-state index is 0.373. The fourth-order valence-corrected chi connectivity index (χ4v) is 5.99. The van der Waals surface area contributed by atoms with Crippen LogP contribution in [0.1, 0.15) is 25.7 Å². The third kappa shape index (κ3) is 4.75. The van der Waals surface area contributed by atoms with Gasteiger partial charge in [-0.25, -0.2) is 35.1 Å². The standard InChI is InChI=1S/C18H20F2N2O4S2/c19-15-5-1-3-7-17(15)27(23,24)21-13-9-11-14(12-10-13)22-28(25,26)18-8-4-2-6-16(18)20/h1-8,13-14,21-22H,9-12H2. The minimum Gasteiger partial charge on any atom is -0.208 e. The maximum atomic E-state index is 13.8. The molecule has 152 valence electrons. The van der Waals surface area contributed by atoms with Gasteiger partial charge in [-0.05, 0) is 49.9 Å². The van der Waals surface area contributed by atoms with Crippen LogP contribution >= 0.6 is 0 Å². The Bertz CT molecular complexity index is 965. The minimum atomic E-state index is -4.01. The molecule has 2 aromatic carbocycles. The van der Waals surface area contributed by atoms with Crippen LogP contribution in [0.5, 0.6) is 0 Å². The van der Waals surface area contributed by atoms with Gasteiger partial charge in [0.05, 0.1) is 0 Å². The summed E-state index contributed by atoms with van der Waals surface area (Å²) in [5.74, 6) is -1.66. The predicted octanol–water partition coefficient (Wildman–Crippen LogP) is 2.53. The Morgan fingerprint density at radius 3 is 1.29 bits per heavy atom. The lowest BCUT2D eigenvalue weighted by Crippen LogP contribution is -2.44. The summed E-state index contributed by atoms with van der Waals surface area (Å²) in [6.07, 6.45) is 1.49. The third-order valence-electron chi connectivity index (χ3n) is 4.62. The topological polar surface area (TPSA) is 92.3 Å². The highest BCUT2D eigenvalue weighted by atomic mass is 32.2. The molecule has 0 unspecified atom stereocenters. The lowest BCUT2D eigenvalue weighted by Gasteiger charge is -2.29. The molecule has 10 heteroatoms. The van der Waals surface area contributed by atoms with Crippen LogP contribution in [0.3, 0.4) is 0 Å². The Morgan fingerprint density at radius 2 is 0.964 bits per heavy atom. The molecule has 0 aromatic heterocycles. The van der Waals surface area contributed by atoms with Gasteiger partial charge in [-0.15, -0.1) is 0 Å². The van der Waals surface area contributed by atoms with E-state index in [0.29, 0.717) is 25.7 Å². The molecule has 0 heterocycles. The molecule has 1 aliphatic rings. The number of nitrogens with one attached hydrogen (secondary N) is 2. The van der Waals surface area contributed by atoms with Gasteiger partial charge in [-0.1, -0.05) is 24.3 Å². The van der Waals surface area contributed by atoms with Crippen LogP contribution in [0.15, 0.2) is 58.3 Å². The van der Waals surface area contributed by atoms with E-state index in [1.165, 1.54) is 36.4 Å². The zero-order valence-corrected chi connectivity index (χ0v) is 16.4. The van der Waals surface area contributed by atoms with Gasteiger partial charge in [0.25, 0.3) is 0 Å². The maximum Gasteiger partial charge on any atom is 0.243 e. The Balaban J connectivity index is 1.61. The van der Waals surface area contributed by atoms with Gasteiger partial charge in [0.1, 0.15) is 21.4 Å². The fourth-order valence-electron chi connectivity index (χ4n) is 3.22. The molecule has 0 spiro atoms. The average molecular weight is 430 g/mol. The molecule has 6 nitrogen and oxygen atoms in total. The number of rotatable bonds is 6. The fraction of sp³-hybridized carbons (Fsp3) is 0.333. The summed E-state index contributed by atoms with van der Waals surface area (Å²) in [4.78, 5) is -0.838. The van der Waals surface area contributed by atoms with Crippen molar-refractivity contribution in [1.29, 1.82) is 0 Å². The molecule has 0 atom stereocenters. The van der Waals surface area contributed by atoms with Gasteiger partial charge in [-0.3, -0.25) is 0 Å². The highest BCUT2D eigenvalue weighted by Crippen LogP contribution is 2.23. The molecule has 0 aliphatic heterocycles. The molecule has 0 bridgehead atoms. The van der Waals surface area contributed by atoms with E-state index >= 15 is 0 Å². The molecular formula is C18H20F2N2O4S2. The van der Waals surface area contributed by atoms with Gasteiger partial charge in [-0.2, -0.15) is 0 Å². The van der Waals surface area contributed by atoms with Gasteiger partial charge in [0.15, 0.2) is 0 Å². The van der Waals surface area contributed by atoms with Crippen LogP contribution in [-0.2, 0) is 20.0 Å². The van der Waals surface area contributed by atoms with Crippen molar-refractivity contribution >= 4 is 20.0 Å². The third-order valence-corrected chi connectivity index (χ3v) is 7.73. The molecule has 1 saturated carbocycles. The zero-order valence-electron chi connectivity index (χ0n) is 14.8. The van der Waals surface area contributed by atoms with Crippen molar-refractivity contribution in [3.05, 3.63) is 60.2 Å². The van der Waals surface area contributed by atoms with E-state index in [1.807, 2.05) is 0 Å². The summed E-state index contributed by atoms with van der Waals surface area (Å²) in [6.45, 7) is 0. The van der Waals surface area contributed by atoms with Gasteiger partial charge in [0, 0.05) is 12.1 Å². The Morgan fingerprint density at radius 1 is 0.643 bits per heavy atom. The molecule has 2 aromatic rings. The van der Waals surface area contributed by atoms with Crippen LogP contribution in [0.25, 0.3) is 0 Å². The first kappa shape index (κ1) is 20.8. The molecule has 0 radical (unpaired) electrons.